The normalized spacial score (nSPS) is 21.3. The molecule has 178 valence electrons. The lowest BCUT2D eigenvalue weighted by Gasteiger charge is -2.43. The fourth-order valence-electron chi connectivity index (χ4n) is 4.63. The van der Waals surface area contributed by atoms with Crippen molar-refractivity contribution < 1.29 is 24.6 Å². The molecule has 0 saturated heterocycles. The minimum atomic E-state index is -1.10. The topological polar surface area (TPSA) is 140 Å². The Labute approximate surface area is 187 Å². The van der Waals surface area contributed by atoms with Gasteiger partial charge in [-0.1, -0.05) is 38.1 Å². The third kappa shape index (κ3) is 7.37. The van der Waals surface area contributed by atoms with E-state index in [-0.39, 0.29) is 18.4 Å². The van der Waals surface area contributed by atoms with E-state index < -0.39 is 22.9 Å². The third-order valence-electron chi connectivity index (χ3n) is 6.23. The molecule has 10 nitrogen and oxygen atoms in total. The Morgan fingerprint density at radius 1 is 1.28 bits per heavy atom. The van der Waals surface area contributed by atoms with Crippen LogP contribution in [0.15, 0.2) is 36.4 Å². The highest BCUT2D eigenvalue weighted by atomic mass is 17.0. The van der Waals surface area contributed by atoms with Gasteiger partial charge in [0, 0.05) is 6.42 Å². The smallest absolute Gasteiger partial charge is 0.294 e. The highest BCUT2D eigenvalue weighted by Gasteiger charge is 2.38. The maximum atomic E-state index is 10.6. The van der Waals surface area contributed by atoms with Crippen molar-refractivity contribution in [1.29, 1.82) is 0 Å². The van der Waals surface area contributed by atoms with Crippen LogP contribution >= 0.6 is 0 Å². The summed E-state index contributed by atoms with van der Waals surface area (Å²) in [6.07, 6.45) is 2.93. The van der Waals surface area contributed by atoms with Gasteiger partial charge < -0.3 is 20.1 Å². The molecule has 0 radical (unpaired) electrons. The summed E-state index contributed by atoms with van der Waals surface area (Å²) in [6.45, 7) is 8.83. The van der Waals surface area contributed by atoms with Crippen LogP contribution in [0.1, 0.15) is 51.5 Å². The summed E-state index contributed by atoms with van der Waals surface area (Å²) in [4.78, 5) is 29.6. The van der Waals surface area contributed by atoms with Crippen LogP contribution in [0.25, 0.3) is 0 Å². The van der Waals surface area contributed by atoms with E-state index in [2.05, 4.69) is 36.2 Å². The van der Waals surface area contributed by atoms with E-state index in [1.807, 2.05) is 18.2 Å². The zero-order valence-corrected chi connectivity index (χ0v) is 18.7. The first-order valence-corrected chi connectivity index (χ1v) is 10.8. The second-order valence-corrected chi connectivity index (χ2v) is 8.79. The Kier molecular flexibility index (Phi) is 9.25. The second-order valence-electron chi connectivity index (χ2n) is 8.79. The van der Waals surface area contributed by atoms with Crippen molar-refractivity contribution in [1.82, 2.24) is 0 Å². The summed E-state index contributed by atoms with van der Waals surface area (Å²) in [5.41, 5.74) is 8.25. The van der Waals surface area contributed by atoms with Gasteiger partial charge in [0.2, 0.25) is 0 Å². The number of ether oxygens (including phenoxy) is 1. The van der Waals surface area contributed by atoms with Crippen LogP contribution in [0, 0.1) is 32.1 Å². The van der Waals surface area contributed by atoms with Gasteiger partial charge in [-0.05, 0) is 67.2 Å². The highest BCUT2D eigenvalue weighted by Crippen LogP contribution is 2.46. The Balaban J connectivity index is 2.09. The summed E-state index contributed by atoms with van der Waals surface area (Å²) >= 11 is 0. The standard InChI is InChI=1S/C22H33N3O7/c1-16-11-17(2)13-19(12-16)22(3,8-9-23)18-5-4-6-20(14-18)30-10-7-21(32-25(28)29)15-31-24(26)27/h4-6,14,17,19,21H,1,7-13,15,23H2,2-3H3. The van der Waals surface area contributed by atoms with Gasteiger partial charge in [-0.3, -0.25) is 0 Å². The SMILES string of the molecule is C=C1CC(C)CC(C(C)(CCN)c2cccc(OCCC(CO[N+](=O)[O-])O[N+](=O)[O-])c2)C1. The van der Waals surface area contributed by atoms with Gasteiger partial charge in [0.05, 0.1) is 6.61 Å². The van der Waals surface area contributed by atoms with Crippen molar-refractivity contribution in [3.8, 4) is 5.75 Å². The van der Waals surface area contributed by atoms with E-state index in [9.17, 15) is 20.2 Å². The van der Waals surface area contributed by atoms with Gasteiger partial charge in [-0.25, -0.2) is 0 Å². The number of allylic oxidation sites excluding steroid dienone is 1. The lowest BCUT2D eigenvalue weighted by atomic mass is 9.62. The van der Waals surface area contributed by atoms with Gasteiger partial charge in [-0.15, -0.1) is 20.2 Å². The molecule has 2 N–H and O–H groups in total. The van der Waals surface area contributed by atoms with Gasteiger partial charge in [0.25, 0.3) is 10.2 Å². The Morgan fingerprint density at radius 3 is 2.66 bits per heavy atom. The van der Waals surface area contributed by atoms with Crippen molar-refractivity contribution >= 4 is 0 Å². The predicted molar refractivity (Wildman–Crippen MR) is 118 cm³/mol. The molecule has 4 unspecified atom stereocenters. The molecule has 1 aliphatic carbocycles. The van der Waals surface area contributed by atoms with Gasteiger partial charge in [-0.2, -0.15) is 0 Å². The number of hydrogen-bond donors (Lipinski definition) is 1. The first-order valence-electron chi connectivity index (χ1n) is 10.8. The largest absolute Gasteiger partial charge is 0.494 e. The van der Waals surface area contributed by atoms with Crippen molar-refractivity contribution in [2.45, 2.75) is 57.5 Å². The van der Waals surface area contributed by atoms with Crippen LogP contribution in [-0.4, -0.2) is 36.0 Å². The van der Waals surface area contributed by atoms with Crippen LogP contribution in [0.3, 0.4) is 0 Å². The molecule has 1 fully saturated rings. The lowest BCUT2D eigenvalue weighted by molar-refractivity contribution is -0.790. The van der Waals surface area contributed by atoms with E-state index >= 15 is 0 Å². The monoisotopic (exact) mass is 451 g/mol. The first kappa shape index (κ1) is 25.4. The molecule has 1 aliphatic rings. The highest BCUT2D eigenvalue weighted by molar-refractivity contribution is 5.35. The zero-order chi connectivity index (χ0) is 23.7. The molecular formula is C22H33N3O7. The number of nitrogens with two attached hydrogens (primary N) is 1. The minimum Gasteiger partial charge on any atom is -0.494 e. The van der Waals surface area contributed by atoms with E-state index in [0.717, 1.165) is 31.2 Å². The molecule has 4 atom stereocenters. The molecular weight excluding hydrogens is 418 g/mol. The van der Waals surface area contributed by atoms with Gasteiger partial charge >= 0.3 is 0 Å². The molecule has 2 rings (SSSR count). The fourth-order valence-corrected chi connectivity index (χ4v) is 4.63. The zero-order valence-electron chi connectivity index (χ0n) is 18.7. The molecule has 1 saturated carbocycles. The van der Waals surface area contributed by atoms with Crippen LogP contribution in [0.2, 0.25) is 0 Å². The van der Waals surface area contributed by atoms with Crippen LogP contribution in [0.5, 0.6) is 5.75 Å². The molecule has 0 aliphatic heterocycles. The van der Waals surface area contributed by atoms with Crippen LogP contribution in [-0.2, 0) is 15.1 Å². The average molecular weight is 452 g/mol. The molecule has 0 amide bonds. The number of rotatable bonds is 13. The molecule has 0 aromatic heterocycles. The number of hydrogen-bond acceptors (Lipinski definition) is 8. The minimum absolute atomic E-state index is 0.0546. The van der Waals surface area contributed by atoms with Crippen molar-refractivity contribution in [3.05, 3.63) is 62.2 Å². The maximum absolute atomic E-state index is 10.6. The number of benzene rings is 1. The second kappa shape index (κ2) is 11.7. The summed E-state index contributed by atoms with van der Waals surface area (Å²) < 4.78 is 5.79. The van der Waals surface area contributed by atoms with Crippen molar-refractivity contribution in [3.63, 3.8) is 0 Å². The van der Waals surface area contributed by atoms with E-state index in [4.69, 9.17) is 10.5 Å². The lowest BCUT2D eigenvalue weighted by Crippen LogP contribution is -2.37. The quantitative estimate of drug-likeness (QED) is 0.271. The summed E-state index contributed by atoms with van der Waals surface area (Å²) in [7, 11) is 0. The molecule has 32 heavy (non-hydrogen) atoms. The number of nitrogens with zero attached hydrogens (tertiary/aromatic N) is 2. The Morgan fingerprint density at radius 2 is 2.03 bits per heavy atom. The maximum Gasteiger partial charge on any atom is 0.294 e. The molecule has 0 heterocycles. The predicted octanol–water partition coefficient (Wildman–Crippen LogP) is 3.84. The molecule has 10 heteroatoms. The van der Waals surface area contributed by atoms with Crippen molar-refractivity contribution in [2.75, 3.05) is 19.8 Å². The molecule has 0 bridgehead atoms. The molecule has 1 aromatic rings. The summed E-state index contributed by atoms with van der Waals surface area (Å²) in [6, 6.07) is 7.79. The Bertz CT molecular complexity index is 803. The Hall–Kier alpha value is -2.88. The first-order chi connectivity index (χ1) is 15.1. The molecule has 1 aromatic carbocycles. The van der Waals surface area contributed by atoms with E-state index in [0.29, 0.717) is 24.1 Å². The third-order valence-corrected chi connectivity index (χ3v) is 6.23. The van der Waals surface area contributed by atoms with E-state index in [1.165, 1.54) is 5.57 Å². The average Bonchev–Trinajstić information content (AvgIpc) is 2.71. The van der Waals surface area contributed by atoms with Gasteiger partial charge in [0.15, 0.2) is 0 Å². The summed E-state index contributed by atoms with van der Waals surface area (Å²) in [5.74, 6) is 1.62. The van der Waals surface area contributed by atoms with E-state index in [1.54, 1.807) is 0 Å². The summed E-state index contributed by atoms with van der Waals surface area (Å²) in [5, 5.41) is 18.9. The van der Waals surface area contributed by atoms with Crippen LogP contribution in [0.4, 0.5) is 0 Å². The fraction of sp³-hybridized carbons (Fsp3) is 0.636. The van der Waals surface area contributed by atoms with Gasteiger partial charge in [0.1, 0.15) is 18.5 Å². The molecule has 0 spiro atoms. The van der Waals surface area contributed by atoms with Crippen molar-refractivity contribution in [2.24, 2.45) is 17.6 Å². The van der Waals surface area contributed by atoms with Crippen LogP contribution < -0.4 is 10.5 Å².